The summed E-state index contributed by atoms with van der Waals surface area (Å²) >= 11 is 3.06. The summed E-state index contributed by atoms with van der Waals surface area (Å²) in [7, 11) is 0. The predicted molar refractivity (Wildman–Crippen MR) is 77.2 cm³/mol. The molecule has 0 saturated carbocycles. The molecule has 2 aromatic rings. The van der Waals surface area contributed by atoms with Crippen molar-refractivity contribution in [2.75, 3.05) is 5.32 Å². The Hall–Kier alpha value is -1.33. The molecule has 18 heavy (non-hydrogen) atoms. The van der Waals surface area contributed by atoms with Crippen molar-refractivity contribution in [3.63, 3.8) is 0 Å². The van der Waals surface area contributed by atoms with Gasteiger partial charge in [0.2, 0.25) is 5.91 Å². The maximum Gasteiger partial charge on any atom is 0.237 e. The number of rotatable bonds is 4. The van der Waals surface area contributed by atoms with Crippen LogP contribution in [-0.2, 0) is 4.79 Å². The Labute approximate surface area is 115 Å². The lowest BCUT2D eigenvalue weighted by molar-refractivity contribution is -0.115. The van der Waals surface area contributed by atoms with Crippen molar-refractivity contribution >= 4 is 34.7 Å². The van der Waals surface area contributed by atoms with E-state index < -0.39 is 0 Å². The van der Waals surface area contributed by atoms with E-state index in [1.165, 1.54) is 11.8 Å². The molecule has 1 heterocycles. The van der Waals surface area contributed by atoms with Gasteiger partial charge in [0.05, 0.1) is 5.25 Å². The van der Waals surface area contributed by atoms with Gasteiger partial charge in [-0.15, -0.1) is 11.3 Å². The molecule has 0 bridgehead atoms. The van der Waals surface area contributed by atoms with Gasteiger partial charge in [-0.25, -0.2) is 4.98 Å². The number of thiazole rings is 1. The SMILES string of the molecule is Cc1csc(S[C@@H](C)C(=O)Nc2ccccc2)n1. The van der Waals surface area contributed by atoms with Crippen LogP contribution in [0.1, 0.15) is 12.6 Å². The molecule has 0 saturated heterocycles. The topological polar surface area (TPSA) is 42.0 Å². The summed E-state index contributed by atoms with van der Waals surface area (Å²) in [5.41, 5.74) is 1.82. The van der Waals surface area contributed by atoms with Crippen LogP contribution < -0.4 is 5.32 Å². The third kappa shape index (κ3) is 3.58. The Morgan fingerprint density at radius 2 is 2.11 bits per heavy atom. The fourth-order valence-electron chi connectivity index (χ4n) is 1.36. The van der Waals surface area contributed by atoms with Crippen LogP contribution in [0, 0.1) is 6.92 Å². The minimum atomic E-state index is -0.157. The molecule has 1 N–H and O–H groups in total. The quantitative estimate of drug-likeness (QED) is 0.869. The molecule has 1 aromatic carbocycles. The van der Waals surface area contributed by atoms with Crippen molar-refractivity contribution in [2.45, 2.75) is 23.4 Å². The maximum absolute atomic E-state index is 12.0. The lowest BCUT2D eigenvalue weighted by atomic mass is 10.3. The number of nitrogens with zero attached hydrogens (tertiary/aromatic N) is 1. The van der Waals surface area contributed by atoms with Gasteiger partial charge in [0.15, 0.2) is 4.34 Å². The van der Waals surface area contributed by atoms with Crippen LogP contribution in [0.15, 0.2) is 40.1 Å². The highest BCUT2D eigenvalue weighted by atomic mass is 32.2. The van der Waals surface area contributed by atoms with Crippen LogP contribution in [0.25, 0.3) is 0 Å². The van der Waals surface area contributed by atoms with Gasteiger partial charge >= 0.3 is 0 Å². The molecule has 94 valence electrons. The van der Waals surface area contributed by atoms with Gasteiger partial charge in [-0.1, -0.05) is 30.0 Å². The molecule has 3 nitrogen and oxygen atoms in total. The largest absolute Gasteiger partial charge is 0.325 e. The second-order valence-electron chi connectivity index (χ2n) is 3.87. The summed E-state index contributed by atoms with van der Waals surface area (Å²) in [4.78, 5) is 16.3. The van der Waals surface area contributed by atoms with E-state index in [4.69, 9.17) is 0 Å². The van der Waals surface area contributed by atoms with Crippen molar-refractivity contribution in [3.8, 4) is 0 Å². The first-order valence-corrected chi connectivity index (χ1v) is 7.36. The molecule has 1 atom stereocenters. The lowest BCUT2D eigenvalue weighted by Crippen LogP contribution is -2.22. The third-order valence-corrected chi connectivity index (χ3v) is 4.48. The number of anilines is 1. The Balaban J connectivity index is 1.93. The minimum absolute atomic E-state index is 0.000877. The van der Waals surface area contributed by atoms with E-state index >= 15 is 0 Å². The van der Waals surface area contributed by atoms with Crippen LogP contribution in [0.4, 0.5) is 5.69 Å². The van der Waals surface area contributed by atoms with Gasteiger partial charge in [-0.05, 0) is 26.0 Å². The first-order chi connectivity index (χ1) is 8.65. The van der Waals surface area contributed by atoms with Crippen LogP contribution >= 0.6 is 23.1 Å². The zero-order valence-electron chi connectivity index (χ0n) is 10.2. The number of nitrogens with one attached hydrogen (secondary N) is 1. The number of para-hydroxylation sites is 1. The predicted octanol–water partition coefficient (Wildman–Crippen LogP) is 3.57. The number of aromatic nitrogens is 1. The van der Waals surface area contributed by atoms with E-state index in [1.54, 1.807) is 11.3 Å². The van der Waals surface area contributed by atoms with E-state index in [9.17, 15) is 4.79 Å². The number of thioether (sulfide) groups is 1. The molecule has 5 heteroatoms. The summed E-state index contributed by atoms with van der Waals surface area (Å²) < 4.78 is 0.934. The Morgan fingerprint density at radius 3 is 2.72 bits per heavy atom. The Kier molecular flexibility index (Phi) is 4.38. The molecule has 1 aromatic heterocycles. The normalized spacial score (nSPS) is 12.1. The molecule has 0 unspecified atom stereocenters. The average Bonchev–Trinajstić information content (AvgIpc) is 2.76. The standard InChI is InChI=1S/C13H14N2OS2/c1-9-8-17-13(14-9)18-10(2)12(16)15-11-6-4-3-5-7-11/h3-8,10H,1-2H3,(H,15,16)/t10-/m0/s1. The number of carbonyl (C=O) groups is 1. The molecular formula is C13H14N2OS2. The maximum atomic E-state index is 12.0. The Bertz CT molecular complexity index is 525. The monoisotopic (exact) mass is 278 g/mol. The molecule has 0 aliphatic rings. The lowest BCUT2D eigenvalue weighted by Gasteiger charge is -2.10. The fourth-order valence-corrected chi connectivity index (χ4v) is 3.34. The molecule has 0 fully saturated rings. The number of amides is 1. The van der Waals surface area contributed by atoms with Gasteiger partial charge in [0.1, 0.15) is 0 Å². The van der Waals surface area contributed by atoms with E-state index in [1.807, 2.05) is 49.6 Å². The molecule has 0 aliphatic carbocycles. The number of hydrogen-bond donors (Lipinski definition) is 1. The zero-order chi connectivity index (χ0) is 13.0. The summed E-state index contributed by atoms with van der Waals surface area (Å²) in [6.07, 6.45) is 0. The average molecular weight is 278 g/mol. The van der Waals surface area contributed by atoms with E-state index in [0.717, 1.165) is 15.7 Å². The highest BCUT2D eigenvalue weighted by Gasteiger charge is 2.16. The van der Waals surface area contributed by atoms with Crippen LogP contribution in [-0.4, -0.2) is 16.1 Å². The first kappa shape index (κ1) is 13.1. The second-order valence-corrected chi connectivity index (χ2v) is 6.32. The van der Waals surface area contributed by atoms with Gasteiger partial charge in [0, 0.05) is 16.8 Å². The zero-order valence-corrected chi connectivity index (χ0v) is 11.8. The van der Waals surface area contributed by atoms with Crippen LogP contribution in [0.2, 0.25) is 0 Å². The van der Waals surface area contributed by atoms with Crippen molar-refractivity contribution in [1.29, 1.82) is 0 Å². The van der Waals surface area contributed by atoms with Crippen molar-refractivity contribution in [3.05, 3.63) is 41.4 Å². The van der Waals surface area contributed by atoms with Crippen LogP contribution in [0.5, 0.6) is 0 Å². The number of hydrogen-bond acceptors (Lipinski definition) is 4. The van der Waals surface area contributed by atoms with Gasteiger partial charge < -0.3 is 5.32 Å². The van der Waals surface area contributed by atoms with Crippen LogP contribution in [0.3, 0.4) is 0 Å². The number of aryl methyl sites for hydroxylation is 1. The molecule has 0 radical (unpaired) electrons. The molecule has 2 rings (SSSR count). The van der Waals surface area contributed by atoms with Gasteiger partial charge in [-0.3, -0.25) is 4.79 Å². The Morgan fingerprint density at radius 1 is 1.39 bits per heavy atom. The second kappa shape index (κ2) is 6.02. The van der Waals surface area contributed by atoms with E-state index in [0.29, 0.717) is 0 Å². The highest BCUT2D eigenvalue weighted by Crippen LogP contribution is 2.27. The van der Waals surface area contributed by atoms with Crippen molar-refractivity contribution in [2.24, 2.45) is 0 Å². The van der Waals surface area contributed by atoms with Gasteiger partial charge in [-0.2, -0.15) is 0 Å². The smallest absolute Gasteiger partial charge is 0.237 e. The van der Waals surface area contributed by atoms with Crippen molar-refractivity contribution in [1.82, 2.24) is 4.98 Å². The van der Waals surface area contributed by atoms with Gasteiger partial charge in [0.25, 0.3) is 0 Å². The van der Waals surface area contributed by atoms with E-state index in [2.05, 4.69) is 10.3 Å². The highest BCUT2D eigenvalue weighted by molar-refractivity contribution is 8.02. The molecular weight excluding hydrogens is 264 g/mol. The third-order valence-electron chi connectivity index (χ3n) is 2.29. The summed E-state index contributed by atoms with van der Waals surface area (Å²) in [6.45, 7) is 3.84. The molecule has 0 spiro atoms. The minimum Gasteiger partial charge on any atom is -0.325 e. The summed E-state index contributed by atoms with van der Waals surface area (Å²) in [5.74, 6) is -0.000877. The fraction of sp³-hybridized carbons (Fsp3) is 0.231. The molecule has 0 aliphatic heterocycles. The van der Waals surface area contributed by atoms with E-state index in [-0.39, 0.29) is 11.2 Å². The molecule has 1 amide bonds. The first-order valence-electron chi connectivity index (χ1n) is 5.60. The summed E-state index contributed by atoms with van der Waals surface area (Å²) in [5, 5.41) is 4.72. The number of carbonyl (C=O) groups excluding carboxylic acids is 1. The summed E-state index contributed by atoms with van der Waals surface area (Å²) in [6, 6.07) is 9.48. The number of benzene rings is 1. The van der Waals surface area contributed by atoms with Crippen molar-refractivity contribution < 1.29 is 4.79 Å².